The van der Waals surface area contributed by atoms with Gasteiger partial charge in [-0.3, -0.25) is 9.36 Å². The van der Waals surface area contributed by atoms with Gasteiger partial charge in [0.2, 0.25) is 5.95 Å². The Balaban J connectivity index is 2.89. The van der Waals surface area contributed by atoms with Gasteiger partial charge in [-0.25, -0.2) is 0 Å². The van der Waals surface area contributed by atoms with Crippen molar-refractivity contribution in [3.8, 4) is 0 Å². The summed E-state index contributed by atoms with van der Waals surface area (Å²) in [5.74, 6) is 0.647. The van der Waals surface area contributed by atoms with E-state index >= 15 is 0 Å². The lowest BCUT2D eigenvalue weighted by Gasteiger charge is -2.11. The molecule has 0 saturated heterocycles. The van der Waals surface area contributed by atoms with Gasteiger partial charge in [0.25, 0.3) is 5.56 Å². The Morgan fingerprint density at radius 1 is 1.30 bits per heavy atom. The molecule has 0 aliphatic carbocycles. The summed E-state index contributed by atoms with van der Waals surface area (Å²) < 4.78 is 3.49. The Labute approximate surface area is 119 Å². The van der Waals surface area contributed by atoms with E-state index in [0.29, 0.717) is 11.6 Å². The first-order valence-corrected chi connectivity index (χ1v) is 7.29. The van der Waals surface area contributed by atoms with Crippen LogP contribution in [0.25, 0.3) is 11.0 Å². The average molecular weight is 276 g/mol. The summed E-state index contributed by atoms with van der Waals surface area (Å²) in [6.07, 6.45) is 4.11. The van der Waals surface area contributed by atoms with Gasteiger partial charge in [-0.1, -0.05) is 13.8 Å². The number of hydrogen-bond donors (Lipinski definition) is 1. The van der Waals surface area contributed by atoms with Gasteiger partial charge in [0.1, 0.15) is 5.65 Å². The summed E-state index contributed by atoms with van der Waals surface area (Å²) in [7, 11) is 1.67. The average Bonchev–Trinajstić information content (AvgIpc) is 2.77. The first kappa shape index (κ1) is 14.6. The zero-order chi connectivity index (χ0) is 15.0. The SMILES string of the molecule is CCC(CC)c1cn(C(C)C)c2nc(N)n(C)c(=O)c12. The highest BCUT2D eigenvalue weighted by molar-refractivity contribution is 5.81. The predicted octanol–water partition coefficient (Wildman–Crippen LogP) is 2.80. The van der Waals surface area contributed by atoms with E-state index in [9.17, 15) is 4.79 Å². The third kappa shape index (κ3) is 2.11. The van der Waals surface area contributed by atoms with E-state index in [2.05, 4.69) is 43.4 Å². The van der Waals surface area contributed by atoms with Gasteiger partial charge in [-0.05, 0) is 38.2 Å². The number of rotatable bonds is 4. The van der Waals surface area contributed by atoms with Crippen LogP contribution in [-0.2, 0) is 7.05 Å². The molecule has 0 fully saturated rings. The molecule has 20 heavy (non-hydrogen) atoms. The second-order valence-corrected chi connectivity index (χ2v) is 5.63. The number of nitrogens with two attached hydrogens (primary N) is 1. The summed E-state index contributed by atoms with van der Waals surface area (Å²) in [5, 5.41) is 0.726. The van der Waals surface area contributed by atoms with Crippen molar-refractivity contribution >= 4 is 17.0 Å². The molecule has 2 rings (SSSR count). The highest BCUT2D eigenvalue weighted by Gasteiger charge is 2.21. The first-order valence-electron chi connectivity index (χ1n) is 7.29. The van der Waals surface area contributed by atoms with Crippen molar-refractivity contribution in [1.29, 1.82) is 0 Å². The molecule has 110 valence electrons. The van der Waals surface area contributed by atoms with Gasteiger partial charge in [-0.15, -0.1) is 0 Å². The van der Waals surface area contributed by atoms with E-state index in [0.717, 1.165) is 23.8 Å². The van der Waals surface area contributed by atoms with Crippen LogP contribution in [0.1, 0.15) is 58.1 Å². The van der Waals surface area contributed by atoms with Crippen LogP contribution in [0.5, 0.6) is 0 Å². The van der Waals surface area contributed by atoms with Crippen LogP contribution in [0.2, 0.25) is 0 Å². The Bertz CT molecular complexity index is 677. The number of nitrogen functional groups attached to an aromatic ring is 1. The third-order valence-corrected chi connectivity index (χ3v) is 4.10. The lowest BCUT2D eigenvalue weighted by Crippen LogP contribution is -2.22. The minimum absolute atomic E-state index is 0.0474. The van der Waals surface area contributed by atoms with Gasteiger partial charge in [0.05, 0.1) is 5.39 Å². The van der Waals surface area contributed by atoms with Crippen molar-refractivity contribution in [2.75, 3.05) is 5.73 Å². The summed E-state index contributed by atoms with van der Waals surface area (Å²) in [6.45, 7) is 8.49. The number of fused-ring (bicyclic) bond motifs is 1. The van der Waals surface area contributed by atoms with E-state index in [1.165, 1.54) is 4.57 Å². The minimum atomic E-state index is -0.0474. The molecule has 0 spiro atoms. The molecule has 0 bridgehead atoms. The van der Waals surface area contributed by atoms with Crippen LogP contribution < -0.4 is 11.3 Å². The molecular weight excluding hydrogens is 252 g/mol. The summed E-state index contributed by atoms with van der Waals surface area (Å²) in [5.41, 5.74) is 7.61. The smallest absolute Gasteiger partial charge is 0.264 e. The fraction of sp³-hybridized carbons (Fsp3) is 0.600. The molecule has 5 nitrogen and oxygen atoms in total. The Hall–Kier alpha value is -1.78. The van der Waals surface area contributed by atoms with Gasteiger partial charge < -0.3 is 10.3 Å². The second kappa shape index (κ2) is 5.31. The van der Waals surface area contributed by atoms with Crippen LogP contribution in [0.3, 0.4) is 0 Å². The Kier molecular flexibility index (Phi) is 3.88. The van der Waals surface area contributed by atoms with Gasteiger partial charge in [0.15, 0.2) is 0 Å². The van der Waals surface area contributed by atoms with Crippen LogP contribution in [-0.4, -0.2) is 14.1 Å². The molecule has 0 aliphatic rings. The molecule has 0 aromatic carbocycles. The van der Waals surface area contributed by atoms with Crippen LogP contribution in [0.4, 0.5) is 5.95 Å². The maximum atomic E-state index is 12.6. The molecular formula is C15H24N4O. The van der Waals surface area contributed by atoms with Gasteiger partial charge in [0, 0.05) is 19.3 Å². The van der Waals surface area contributed by atoms with Crippen LogP contribution in [0.15, 0.2) is 11.0 Å². The fourth-order valence-corrected chi connectivity index (χ4v) is 2.75. The summed E-state index contributed by atoms with van der Waals surface area (Å²) >= 11 is 0. The predicted molar refractivity (Wildman–Crippen MR) is 83.1 cm³/mol. The number of nitrogens with zero attached hydrogens (tertiary/aromatic N) is 3. The molecule has 0 unspecified atom stereocenters. The molecule has 0 radical (unpaired) electrons. The molecule has 0 aliphatic heterocycles. The normalized spacial score (nSPS) is 11.9. The van der Waals surface area contributed by atoms with Gasteiger partial charge >= 0.3 is 0 Å². The lowest BCUT2D eigenvalue weighted by molar-refractivity contribution is 0.602. The summed E-state index contributed by atoms with van der Waals surface area (Å²) in [4.78, 5) is 17.0. The second-order valence-electron chi connectivity index (χ2n) is 5.63. The molecule has 2 aromatic heterocycles. The monoisotopic (exact) mass is 276 g/mol. The van der Waals surface area contributed by atoms with E-state index in [1.54, 1.807) is 7.05 Å². The maximum Gasteiger partial charge on any atom is 0.264 e. The number of hydrogen-bond acceptors (Lipinski definition) is 3. The maximum absolute atomic E-state index is 12.6. The minimum Gasteiger partial charge on any atom is -0.369 e. The Morgan fingerprint density at radius 3 is 2.40 bits per heavy atom. The summed E-state index contributed by atoms with van der Waals surface area (Å²) in [6, 6.07) is 0.250. The number of aromatic nitrogens is 3. The van der Waals surface area contributed by atoms with Crippen molar-refractivity contribution < 1.29 is 0 Å². The highest BCUT2D eigenvalue weighted by atomic mass is 16.1. The molecule has 0 amide bonds. The largest absolute Gasteiger partial charge is 0.369 e. The van der Waals surface area contributed by atoms with E-state index in [-0.39, 0.29) is 17.5 Å². The van der Waals surface area contributed by atoms with Crippen LogP contribution in [0, 0.1) is 0 Å². The molecule has 2 heterocycles. The van der Waals surface area contributed by atoms with Crippen molar-refractivity contribution in [3.63, 3.8) is 0 Å². The third-order valence-electron chi connectivity index (χ3n) is 4.10. The lowest BCUT2D eigenvalue weighted by atomic mass is 9.94. The van der Waals surface area contributed by atoms with Crippen molar-refractivity contribution in [3.05, 3.63) is 22.1 Å². The van der Waals surface area contributed by atoms with Crippen molar-refractivity contribution in [2.45, 2.75) is 52.5 Å². The molecule has 0 saturated carbocycles. The molecule has 2 N–H and O–H groups in total. The topological polar surface area (TPSA) is 65.8 Å². The molecule has 0 atom stereocenters. The van der Waals surface area contributed by atoms with E-state index in [4.69, 9.17) is 5.73 Å². The molecule has 5 heteroatoms. The highest BCUT2D eigenvalue weighted by Crippen LogP contribution is 2.31. The standard InChI is InChI=1S/C15H24N4O/c1-6-10(7-2)11-8-19(9(3)4)13-12(11)14(20)18(5)15(16)17-13/h8-10H,6-7H2,1-5H3,(H2,16,17). The van der Waals surface area contributed by atoms with Crippen LogP contribution >= 0.6 is 0 Å². The Morgan fingerprint density at radius 2 is 1.90 bits per heavy atom. The first-order chi connectivity index (χ1) is 9.42. The fourth-order valence-electron chi connectivity index (χ4n) is 2.75. The van der Waals surface area contributed by atoms with Gasteiger partial charge in [-0.2, -0.15) is 4.98 Å². The van der Waals surface area contributed by atoms with E-state index < -0.39 is 0 Å². The van der Waals surface area contributed by atoms with Crippen molar-refractivity contribution in [2.24, 2.45) is 7.05 Å². The number of anilines is 1. The van der Waals surface area contributed by atoms with E-state index in [1.807, 2.05) is 0 Å². The zero-order valence-corrected chi connectivity index (χ0v) is 13.0. The quantitative estimate of drug-likeness (QED) is 0.933. The van der Waals surface area contributed by atoms with Crippen molar-refractivity contribution in [1.82, 2.24) is 14.1 Å². The zero-order valence-electron chi connectivity index (χ0n) is 13.0. The molecule has 2 aromatic rings.